The summed E-state index contributed by atoms with van der Waals surface area (Å²) in [6, 6.07) is 12.2. The Hall–Kier alpha value is -2.89. The van der Waals surface area contributed by atoms with Crippen LogP contribution in [0.25, 0.3) is 0 Å². The highest BCUT2D eigenvalue weighted by atomic mass is 32.2. The van der Waals surface area contributed by atoms with Crippen molar-refractivity contribution < 1.29 is 13.2 Å². The largest absolute Gasteiger partial charge is 0.371 e. The molecule has 11 heteroatoms. The average molecular weight is 487 g/mol. The summed E-state index contributed by atoms with van der Waals surface area (Å²) in [7, 11) is 1.17. The molecule has 0 spiro atoms. The first-order valence-corrected chi connectivity index (χ1v) is 12.8. The van der Waals surface area contributed by atoms with Crippen molar-refractivity contribution in [3.05, 3.63) is 54.4 Å². The number of anilines is 2. The average Bonchev–Trinajstić information content (AvgIpc) is 3.47. The number of carbonyl (C=O) groups excluding carboxylic acids is 1. The van der Waals surface area contributed by atoms with Crippen molar-refractivity contribution in [3.63, 3.8) is 0 Å². The van der Waals surface area contributed by atoms with E-state index in [-0.39, 0.29) is 10.8 Å². The Balaban J connectivity index is 1.59. The fourth-order valence-electron chi connectivity index (χ4n) is 3.58. The van der Waals surface area contributed by atoms with E-state index < -0.39 is 10.0 Å². The zero-order valence-electron chi connectivity index (χ0n) is 18.7. The molecule has 3 aromatic rings. The summed E-state index contributed by atoms with van der Waals surface area (Å²) in [6.45, 7) is 1.68. The summed E-state index contributed by atoms with van der Waals surface area (Å²) in [5.74, 6) is -0.346. The lowest BCUT2D eigenvalue weighted by Crippen LogP contribution is -2.25. The van der Waals surface area contributed by atoms with E-state index in [1.54, 1.807) is 18.5 Å². The van der Waals surface area contributed by atoms with E-state index in [0.29, 0.717) is 11.3 Å². The van der Waals surface area contributed by atoms with Gasteiger partial charge in [-0.2, -0.15) is 0 Å². The van der Waals surface area contributed by atoms with Crippen LogP contribution in [-0.2, 0) is 17.1 Å². The van der Waals surface area contributed by atoms with Crippen LogP contribution in [-0.4, -0.2) is 60.6 Å². The minimum absolute atomic E-state index is 0.0935. The molecule has 1 N–H and O–H groups in total. The van der Waals surface area contributed by atoms with Crippen LogP contribution in [0, 0.1) is 0 Å². The zero-order valence-corrected chi connectivity index (χ0v) is 20.4. The van der Waals surface area contributed by atoms with Crippen LogP contribution in [0.3, 0.4) is 0 Å². The topological polar surface area (TPSA) is 100 Å². The van der Waals surface area contributed by atoms with Gasteiger partial charge in [-0.25, -0.2) is 12.7 Å². The van der Waals surface area contributed by atoms with Crippen molar-refractivity contribution in [2.45, 2.75) is 27.8 Å². The van der Waals surface area contributed by atoms with Gasteiger partial charge in [0.1, 0.15) is 6.33 Å². The van der Waals surface area contributed by atoms with Gasteiger partial charge < -0.3 is 14.8 Å². The van der Waals surface area contributed by atoms with Crippen molar-refractivity contribution in [1.82, 2.24) is 19.1 Å². The van der Waals surface area contributed by atoms with Crippen LogP contribution in [0.5, 0.6) is 0 Å². The number of hydrogen-bond donors (Lipinski definition) is 1. The third-order valence-corrected chi connectivity index (χ3v) is 8.30. The molecule has 1 saturated heterocycles. The zero-order chi connectivity index (χ0) is 23.6. The maximum Gasteiger partial charge on any atom is 0.257 e. The molecule has 1 amide bonds. The van der Waals surface area contributed by atoms with Gasteiger partial charge in [-0.3, -0.25) is 4.79 Å². The van der Waals surface area contributed by atoms with Gasteiger partial charge in [-0.1, -0.05) is 0 Å². The molecule has 0 atom stereocenters. The Morgan fingerprint density at radius 3 is 2.39 bits per heavy atom. The molecule has 174 valence electrons. The molecular formula is C22H26N6O3S2. The van der Waals surface area contributed by atoms with Gasteiger partial charge in [0, 0.05) is 50.5 Å². The third kappa shape index (κ3) is 5.05. The van der Waals surface area contributed by atoms with E-state index in [1.807, 2.05) is 35.9 Å². The molecule has 0 unspecified atom stereocenters. The minimum Gasteiger partial charge on any atom is -0.371 e. The Bertz CT molecular complexity index is 1250. The van der Waals surface area contributed by atoms with Crippen LogP contribution in [0.15, 0.2) is 63.7 Å². The highest BCUT2D eigenvalue weighted by Gasteiger charge is 2.24. The van der Waals surface area contributed by atoms with Crippen LogP contribution < -0.4 is 10.2 Å². The first-order valence-electron chi connectivity index (χ1n) is 10.5. The number of aryl methyl sites for hydroxylation is 1. The molecule has 2 heterocycles. The minimum atomic E-state index is -3.66. The van der Waals surface area contributed by atoms with Gasteiger partial charge in [-0.15, -0.1) is 10.2 Å². The number of nitrogens with one attached hydrogen (secondary N) is 1. The predicted octanol–water partition coefficient (Wildman–Crippen LogP) is 3.07. The van der Waals surface area contributed by atoms with Gasteiger partial charge in [0.15, 0.2) is 5.16 Å². The second kappa shape index (κ2) is 9.54. The number of amides is 1. The number of carbonyl (C=O) groups is 1. The number of aromatic nitrogens is 3. The number of nitrogens with zero attached hydrogens (tertiary/aromatic N) is 5. The second-order valence-corrected chi connectivity index (χ2v) is 11.2. The molecule has 9 nitrogen and oxygen atoms in total. The van der Waals surface area contributed by atoms with E-state index in [2.05, 4.69) is 20.4 Å². The maximum atomic E-state index is 13.3. The Morgan fingerprint density at radius 1 is 1.09 bits per heavy atom. The SMILES string of the molecule is CN(C)S(=O)(=O)c1ccc(N2CCCC2)c(C(=O)Nc2ccc(Sc3nncn3C)cc2)c1. The van der Waals surface area contributed by atoms with Crippen molar-refractivity contribution in [3.8, 4) is 0 Å². The molecule has 0 bridgehead atoms. The fraction of sp³-hybridized carbons (Fsp3) is 0.318. The Morgan fingerprint density at radius 2 is 1.79 bits per heavy atom. The van der Waals surface area contributed by atoms with Crippen LogP contribution in [0.2, 0.25) is 0 Å². The van der Waals surface area contributed by atoms with Crippen LogP contribution >= 0.6 is 11.8 Å². The number of sulfonamides is 1. The first kappa shape index (κ1) is 23.3. The number of rotatable bonds is 7. The number of hydrogen-bond acceptors (Lipinski definition) is 7. The molecule has 1 aromatic heterocycles. The monoisotopic (exact) mass is 486 g/mol. The van der Waals surface area contributed by atoms with E-state index in [4.69, 9.17) is 0 Å². The second-order valence-electron chi connectivity index (χ2n) is 7.97. The lowest BCUT2D eigenvalue weighted by atomic mass is 10.1. The standard InChI is InChI=1S/C22H26N6O3S2/c1-26(2)33(30,31)18-10-11-20(28-12-4-5-13-28)19(14-18)21(29)24-16-6-8-17(9-7-16)32-22-25-23-15-27(22)3/h6-11,14-15H,4-5,12-13H2,1-3H3,(H,24,29). The summed E-state index contributed by atoms with van der Waals surface area (Å²) in [6.07, 6.45) is 3.73. The summed E-state index contributed by atoms with van der Waals surface area (Å²) >= 11 is 1.47. The third-order valence-electron chi connectivity index (χ3n) is 5.43. The van der Waals surface area contributed by atoms with Gasteiger partial charge >= 0.3 is 0 Å². The molecule has 0 radical (unpaired) electrons. The first-order chi connectivity index (χ1) is 15.8. The Labute approximate surface area is 197 Å². The van der Waals surface area contributed by atoms with Crippen molar-refractivity contribution in [1.29, 1.82) is 0 Å². The molecule has 4 rings (SSSR count). The summed E-state index contributed by atoms with van der Waals surface area (Å²) in [5, 5.41) is 11.6. The quantitative estimate of drug-likeness (QED) is 0.548. The fourth-order valence-corrected chi connectivity index (χ4v) is 5.27. The van der Waals surface area contributed by atoms with Gasteiger partial charge in [0.05, 0.1) is 10.5 Å². The van der Waals surface area contributed by atoms with Crippen molar-refractivity contribution >= 4 is 39.1 Å². The summed E-state index contributed by atoms with van der Waals surface area (Å²) in [5.41, 5.74) is 1.71. The van der Waals surface area contributed by atoms with Crippen LogP contribution in [0.1, 0.15) is 23.2 Å². The highest BCUT2D eigenvalue weighted by Crippen LogP contribution is 2.30. The van der Waals surface area contributed by atoms with Crippen molar-refractivity contribution in [2.75, 3.05) is 37.4 Å². The summed E-state index contributed by atoms with van der Waals surface area (Å²) < 4.78 is 28.3. The van der Waals surface area contributed by atoms with Crippen LogP contribution in [0.4, 0.5) is 11.4 Å². The molecule has 0 aliphatic carbocycles. The van der Waals surface area contributed by atoms with Crippen molar-refractivity contribution in [2.24, 2.45) is 7.05 Å². The van der Waals surface area contributed by atoms with E-state index in [0.717, 1.165) is 46.0 Å². The molecule has 33 heavy (non-hydrogen) atoms. The Kier molecular flexibility index (Phi) is 6.73. The van der Waals surface area contributed by atoms with Gasteiger partial charge in [0.25, 0.3) is 5.91 Å². The van der Waals surface area contributed by atoms with E-state index in [1.165, 1.54) is 31.9 Å². The normalized spacial score (nSPS) is 14.1. The lowest BCUT2D eigenvalue weighted by molar-refractivity contribution is 0.102. The molecule has 0 saturated carbocycles. The van der Waals surface area contributed by atoms with Gasteiger partial charge in [0.2, 0.25) is 10.0 Å². The molecule has 1 fully saturated rings. The van der Waals surface area contributed by atoms with E-state index in [9.17, 15) is 13.2 Å². The summed E-state index contributed by atoms with van der Waals surface area (Å²) in [4.78, 5) is 16.4. The highest BCUT2D eigenvalue weighted by molar-refractivity contribution is 7.99. The smallest absolute Gasteiger partial charge is 0.257 e. The molecule has 1 aliphatic heterocycles. The van der Waals surface area contributed by atoms with Gasteiger partial charge in [-0.05, 0) is 67.1 Å². The molecule has 1 aliphatic rings. The van der Waals surface area contributed by atoms with E-state index >= 15 is 0 Å². The predicted molar refractivity (Wildman–Crippen MR) is 128 cm³/mol. The number of benzene rings is 2. The molecule has 2 aromatic carbocycles. The molecular weight excluding hydrogens is 460 g/mol. The maximum absolute atomic E-state index is 13.3. The lowest BCUT2D eigenvalue weighted by Gasteiger charge is -2.22.